The van der Waals surface area contributed by atoms with Gasteiger partial charge in [-0.25, -0.2) is 0 Å². The summed E-state index contributed by atoms with van der Waals surface area (Å²) < 4.78 is 17.0. The van der Waals surface area contributed by atoms with Crippen molar-refractivity contribution in [3.05, 3.63) is 0 Å². The highest BCUT2D eigenvalue weighted by atomic mass is 16.6. The second-order valence-corrected chi connectivity index (χ2v) is 24.5. The third-order valence-electron chi connectivity index (χ3n) is 16.6. The van der Waals surface area contributed by atoms with Gasteiger partial charge >= 0.3 is 17.9 Å². The maximum atomic E-state index is 13.0. The first-order valence-electron chi connectivity index (χ1n) is 35.5. The van der Waals surface area contributed by atoms with Crippen molar-refractivity contribution in [2.45, 2.75) is 425 Å². The topological polar surface area (TPSA) is 78.9 Å². The Balaban J connectivity index is 4.25. The summed E-state index contributed by atoms with van der Waals surface area (Å²) in [6.07, 6.45) is 78.4. The summed E-state index contributed by atoms with van der Waals surface area (Å²) in [6, 6.07) is 0. The molecular weight excluding hydrogens is 949 g/mol. The largest absolute Gasteiger partial charge is 0.462 e. The fourth-order valence-corrected chi connectivity index (χ4v) is 11.3. The molecule has 0 amide bonds. The molecule has 6 heteroatoms. The van der Waals surface area contributed by atoms with E-state index in [9.17, 15) is 14.4 Å². The summed E-state index contributed by atoms with van der Waals surface area (Å²) in [5.41, 5.74) is 0. The third kappa shape index (κ3) is 65.1. The Kier molecular flexibility index (Phi) is 65.5. The zero-order valence-corrected chi connectivity index (χ0v) is 52.8. The lowest BCUT2D eigenvalue weighted by Gasteiger charge is -2.18. The lowest BCUT2D eigenvalue weighted by molar-refractivity contribution is -0.167. The highest BCUT2D eigenvalue weighted by Crippen LogP contribution is 2.19. The number of unbranched alkanes of at least 4 members (excludes halogenated alkanes) is 56. The summed E-state index contributed by atoms with van der Waals surface area (Å²) in [5.74, 6) is -0.817. The van der Waals surface area contributed by atoms with Gasteiger partial charge in [0.1, 0.15) is 13.2 Å². The van der Waals surface area contributed by atoms with Crippen molar-refractivity contribution >= 4 is 17.9 Å². The van der Waals surface area contributed by atoms with Gasteiger partial charge in [0.2, 0.25) is 0 Å². The van der Waals surface area contributed by atoms with Crippen molar-refractivity contribution in [3.8, 4) is 0 Å². The quantitative estimate of drug-likeness (QED) is 0.0343. The highest BCUT2D eigenvalue weighted by Gasteiger charge is 2.19. The molecule has 0 aromatic carbocycles. The van der Waals surface area contributed by atoms with Gasteiger partial charge in [-0.15, -0.1) is 0 Å². The summed E-state index contributed by atoms with van der Waals surface area (Å²) in [5, 5.41) is 0. The Labute approximate surface area is 482 Å². The van der Waals surface area contributed by atoms with Crippen LogP contribution < -0.4 is 0 Å². The van der Waals surface area contributed by atoms with Crippen molar-refractivity contribution in [2.24, 2.45) is 0 Å². The second-order valence-electron chi connectivity index (χ2n) is 24.5. The van der Waals surface area contributed by atoms with Crippen LogP contribution in [0.5, 0.6) is 0 Å². The van der Waals surface area contributed by atoms with Crippen molar-refractivity contribution in [3.63, 3.8) is 0 Å². The Hall–Kier alpha value is -1.59. The van der Waals surface area contributed by atoms with E-state index >= 15 is 0 Å². The molecule has 0 heterocycles. The van der Waals surface area contributed by atoms with Crippen LogP contribution in [0, 0.1) is 0 Å². The minimum atomic E-state index is -0.763. The Morgan fingerprint density at radius 1 is 0.208 bits per heavy atom. The summed E-state index contributed by atoms with van der Waals surface area (Å²) in [4.78, 5) is 38.5. The molecule has 1 unspecified atom stereocenters. The molecule has 0 rings (SSSR count). The van der Waals surface area contributed by atoms with E-state index in [1.807, 2.05) is 0 Å². The molecule has 0 aromatic heterocycles. The molecule has 458 valence electrons. The molecule has 0 aliphatic carbocycles. The molecule has 6 nitrogen and oxygen atoms in total. The molecule has 0 bridgehead atoms. The summed E-state index contributed by atoms with van der Waals surface area (Å²) in [7, 11) is 0. The molecule has 0 N–H and O–H groups in total. The van der Waals surface area contributed by atoms with Gasteiger partial charge in [-0.2, -0.15) is 0 Å². The molecule has 0 fully saturated rings. The van der Waals surface area contributed by atoms with Crippen LogP contribution in [0.1, 0.15) is 419 Å². The van der Waals surface area contributed by atoms with Gasteiger partial charge < -0.3 is 14.2 Å². The lowest BCUT2D eigenvalue weighted by atomic mass is 10.0. The summed E-state index contributed by atoms with van der Waals surface area (Å²) in [6.45, 7) is 6.75. The molecule has 0 radical (unpaired) electrons. The Morgan fingerprint density at radius 2 is 0.351 bits per heavy atom. The fourth-order valence-electron chi connectivity index (χ4n) is 11.3. The van der Waals surface area contributed by atoms with Crippen molar-refractivity contribution in [2.75, 3.05) is 13.2 Å². The van der Waals surface area contributed by atoms with Gasteiger partial charge in [-0.3, -0.25) is 14.4 Å². The predicted octanol–water partition coefficient (Wildman–Crippen LogP) is 24.2. The van der Waals surface area contributed by atoms with E-state index in [0.717, 1.165) is 57.8 Å². The third-order valence-corrected chi connectivity index (χ3v) is 16.6. The highest BCUT2D eigenvalue weighted by molar-refractivity contribution is 5.71. The smallest absolute Gasteiger partial charge is 0.306 e. The molecule has 77 heavy (non-hydrogen) atoms. The number of carbonyl (C=O) groups excluding carboxylic acids is 3. The Bertz CT molecular complexity index is 1160. The minimum Gasteiger partial charge on any atom is -0.462 e. The molecule has 0 aliphatic heterocycles. The average molecular weight is 1090 g/mol. The Morgan fingerprint density at radius 3 is 0.519 bits per heavy atom. The van der Waals surface area contributed by atoms with Gasteiger partial charge in [0, 0.05) is 19.3 Å². The molecule has 0 saturated carbocycles. The fraction of sp³-hybridized carbons (Fsp3) is 0.958. The zero-order chi connectivity index (χ0) is 55.7. The number of carbonyl (C=O) groups is 3. The molecule has 0 aliphatic rings. The van der Waals surface area contributed by atoms with Crippen LogP contribution >= 0.6 is 0 Å². The van der Waals surface area contributed by atoms with Gasteiger partial charge in [-0.05, 0) is 19.3 Å². The average Bonchev–Trinajstić information content (AvgIpc) is 3.43. The van der Waals surface area contributed by atoms with Crippen LogP contribution in [0.15, 0.2) is 0 Å². The van der Waals surface area contributed by atoms with Gasteiger partial charge in [0.15, 0.2) is 6.10 Å². The zero-order valence-electron chi connectivity index (χ0n) is 52.8. The van der Waals surface area contributed by atoms with E-state index < -0.39 is 6.10 Å². The van der Waals surface area contributed by atoms with Crippen LogP contribution in [0.2, 0.25) is 0 Å². The number of hydrogen-bond donors (Lipinski definition) is 0. The van der Waals surface area contributed by atoms with E-state index in [0.29, 0.717) is 19.3 Å². The first-order chi connectivity index (χ1) is 38.0. The SMILES string of the molecule is CCCCCCCCCCCCCCCCCCCCCCCCC(=O)OCC(COC(=O)CCCCCCCCCCCCCCCCCC)OC(=O)CCCCCCCCCCCCCCCCCCCCCCC. The monoisotopic (exact) mass is 1090 g/mol. The number of rotatable bonds is 67. The maximum absolute atomic E-state index is 13.0. The predicted molar refractivity (Wildman–Crippen MR) is 335 cm³/mol. The molecular formula is C71H138O6. The van der Waals surface area contributed by atoms with E-state index in [4.69, 9.17) is 14.2 Å². The number of ether oxygens (including phenoxy) is 3. The van der Waals surface area contributed by atoms with E-state index in [1.165, 1.54) is 321 Å². The molecule has 0 saturated heterocycles. The molecule has 1 atom stereocenters. The first kappa shape index (κ1) is 75.4. The van der Waals surface area contributed by atoms with E-state index in [2.05, 4.69) is 20.8 Å². The lowest BCUT2D eigenvalue weighted by Crippen LogP contribution is -2.30. The molecule has 0 aromatic rings. The minimum absolute atomic E-state index is 0.0600. The van der Waals surface area contributed by atoms with Gasteiger partial charge in [0.25, 0.3) is 0 Å². The number of esters is 3. The second kappa shape index (κ2) is 66.9. The van der Waals surface area contributed by atoms with Crippen molar-refractivity contribution < 1.29 is 28.6 Å². The van der Waals surface area contributed by atoms with Gasteiger partial charge in [0.05, 0.1) is 0 Å². The van der Waals surface area contributed by atoms with Gasteiger partial charge in [-0.1, -0.05) is 380 Å². The van der Waals surface area contributed by atoms with Crippen LogP contribution in [-0.4, -0.2) is 37.2 Å². The molecule has 0 spiro atoms. The van der Waals surface area contributed by atoms with E-state index in [1.54, 1.807) is 0 Å². The normalized spacial score (nSPS) is 11.9. The van der Waals surface area contributed by atoms with E-state index in [-0.39, 0.29) is 31.1 Å². The van der Waals surface area contributed by atoms with Crippen molar-refractivity contribution in [1.82, 2.24) is 0 Å². The van der Waals surface area contributed by atoms with Crippen LogP contribution in [-0.2, 0) is 28.6 Å². The van der Waals surface area contributed by atoms with Crippen LogP contribution in [0.25, 0.3) is 0 Å². The first-order valence-corrected chi connectivity index (χ1v) is 35.5. The van der Waals surface area contributed by atoms with Crippen molar-refractivity contribution in [1.29, 1.82) is 0 Å². The maximum Gasteiger partial charge on any atom is 0.306 e. The summed E-state index contributed by atoms with van der Waals surface area (Å²) >= 11 is 0. The van der Waals surface area contributed by atoms with Crippen LogP contribution in [0.4, 0.5) is 0 Å². The van der Waals surface area contributed by atoms with Crippen LogP contribution in [0.3, 0.4) is 0 Å². The standard InChI is InChI=1S/C71H138O6/c1-4-7-10-13-16-19-22-25-28-31-33-35-37-38-40-43-46-49-52-55-58-61-64-70(73)76-67-68(66-75-69(72)63-60-57-54-51-48-45-42-30-27-24-21-18-15-12-9-6-3)77-71(74)65-62-59-56-53-50-47-44-41-39-36-34-32-29-26-23-20-17-14-11-8-5-2/h68H,4-67H2,1-3H3. The number of hydrogen-bond acceptors (Lipinski definition) is 6.